The van der Waals surface area contributed by atoms with Crippen LogP contribution in [0.15, 0.2) is 6.33 Å². The summed E-state index contributed by atoms with van der Waals surface area (Å²) in [4.78, 5) is 12.2. The monoisotopic (exact) mass is 263 g/mol. The lowest BCUT2D eigenvalue weighted by Gasteiger charge is -2.27. The molecule has 0 radical (unpaired) electrons. The van der Waals surface area contributed by atoms with Gasteiger partial charge in [0.05, 0.1) is 5.92 Å². The Morgan fingerprint density at radius 3 is 2.95 bits per heavy atom. The fourth-order valence-corrected chi connectivity index (χ4v) is 3.67. The molecule has 6 heteroatoms. The molecule has 2 aliphatic rings. The van der Waals surface area contributed by atoms with E-state index in [9.17, 15) is 4.79 Å². The predicted molar refractivity (Wildman–Crippen MR) is 70.1 cm³/mol. The van der Waals surface area contributed by atoms with Crippen molar-refractivity contribution in [1.29, 1.82) is 0 Å². The minimum Gasteiger partial charge on any atom is -0.354 e. The summed E-state index contributed by atoms with van der Waals surface area (Å²) in [5.41, 5.74) is 6.17. The lowest BCUT2D eigenvalue weighted by Crippen LogP contribution is -2.45. The van der Waals surface area contributed by atoms with Gasteiger partial charge in [0.25, 0.3) is 0 Å². The van der Waals surface area contributed by atoms with Gasteiger partial charge in [-0.05, 0) is 38.0 Å². The van der Waals surface area contributed by atoms with Crippen molar-refractivity contribution in [3.8, 4) is 0 Å². The first kappa shape index (κ1) is 12.6. The highest BCUT2D eigenvalue weighted by Gasteiger charge is 2.48. The van der Waals surface area contributed by atoms with Gasteiger partial charge in [0.1, 0.15) is 12.2 Å². The van der Waals surface area contributed by atoms with Crippen molar-refractivity contribution >= 4 is 5.91 Å². The maximum atomic E-state index is 12.2. The Kier molecular flexibility index (Phi) is 3.26. The Balaban J connectivity index is 1.51. The van der Waals surface area contributed by atoms with Crippen LogP contribution in [-0.4, -0.2) is 33.3 Å². The zero-order valence-corrected chi connectivity index (χ0v) is 11.2. The van der Waals surface area contributed by atoms with Crippen molar-refractivity contribution < 1.29 is 4.79 Å². The summed E-state index contributed by atoms with van der Waals surface area (Å²) in [6.07, 6.45) is 5.20. The zero-order valence-electron chi connectivity index (χ0n) is 11.2. The van der Waals surface area contributed by atoms with E-state index in [0.717, 1.165) is 12.2 Å². The number of hydrogen-bond acceptors (Lipinski definition) is 4. The molecule has 6 nitrogen and oxygen atoms in total. The summed E-state index contributed by atoms with van der Waals surface area (Å²) >= 11 is 0. The molecule has 0 saturated heterocycles. The van der Waals surface area contributed by atoms with Crippen LogP contribution in [0.3, 0.4) is 0 Å². The number of fused-ring (bicyclic) bond motifs is 2. The highest BCUT2D eigenvalue weighted by molar-refractivity contribution is 5.80. The summed E-state index contributed by atoms with van der Waals surface area (Å²) in [6.45, 7) is 3.22. The van der Waals surface area contributed by atoms with E-state index in [4.69, 9.17) is 5.73 Å². The quantitative estimate of drug-likeness (QED) is 0.805. The molecule has 1 aromatic rings. The van der Waals surface area contributed by atoms with E-state index >= 15 is 0 Å². The van der Waals surface area contributed by atoms with Crippen LogP contribution in [0.2, 0.25) is 0 Å². The number of aryl methyl sites for hydroxylation is 1. The van der Waals surface area contributed by atoms with Gasteiger partial charge >= 0.3 is 0 Å². The summed E-state index contributed by atoms with van der Waals surface area (Å²) in [6, 6.07) is 0.0652. The smallest absolute Gasteiger partial charge is 0.225 e. The fourth-order valence-electron chi connectivity index (χ4n) is 3.67. The molecule has 1 aromatic heterocycles. The minimum absolute atomic E-state index is 0.0285. The van der Waals surface area contributed by atoms with E-state index in [2.05, 4.69) is 15.5 Å². The average molecular weight is 263 g/mol. The zero-order chi connectivity index (χ0) is 13.4. The second-order valence-corrected chi connectivity index (χ2v) is 5.80. The molecule has 3 rings (SSSR count). The number of aromatic nitrogens is 3. The number of hydrogen-bond donors (Lipinski definition) is 2. The SMILES string of the molecule is Cc1nncn1CCNC(=O)C1C2CCC(C2)C1N. The van der Waals surface area contributed by atoms with E-state index < -0.39 is 0 Å². The van der Waals surface area contributed by atoms with E-state index in [1.807, 2.05) is 11.5 Å². The first-order chi connectivity index (χ1) is 9.16. The largest absolute Gasteiger partial charge is 0.354 e. The molecular weight excluding hydrogens is 242 g/mol. The molecule has 0 aliphatic heterocycles. The Labute approximate surface area is 112 Å². The number of nitrogens with one attached hydrogen (secondary N) is 1. The van der Waals surface area contributed by atoms with Crippen molar-refractivity contribution in [1.82, 2.24) is 20.1 Å². The van der Waals surface area contributed by atoms with E-state index in [1.54, 1.807) is 6.33 Å². The van der Waals surface area contributed by atoms with E-state index in [0.29, 0.717) is 24.9 Å². The van der Waals surface area contributed by atoms with Crippen LogP contribution in [0.4, 0.5) is 0 Å². The molecule has 2 fully saturated rings. The summed E-state index contributed by atoms with van der Waals surface area (Å²) in [5.74, 6) is 2.11. The average Bonchev–Trinajstić information content (AvgIpc) is 3.06. The number of nitrogens with zero attached hydrogens (tertiary/aromatic N) is 3. The van der Waals surface area contributed by atoms with Gasteiger partial charge in [-0.1, -0.05) is 0 Å². The molecule has 2 saturated carbocycles. The van der Waals surface area contributed by atoms with Crippen LogP contribution in [0.1, 0.15) is 25.1 Å². The Morgan fingerprint density at radius 1 is 1.53 bits per heavy atom. The van der Waals surface area contributed by atoms with E-state index in [1.165, 1.54) is 12.8 Å². The second kappa shape index (κ2) is 4.92. The minimum atomic E-state index is 0.0285. The first-order valence-corrected chi connectivity index (χ1v) is 7.04. The molecule has 0 aromatic carbocycles. The molecule has 0 spiro atoms. The Bertz CT molecular complexity index is 469. The van der Waals surface area contributed by atoms with Gasteiger partial charge in [0.2, 0.25) is 5.91 Å². The number of nitrogens with two attached hydrogens (primary N) is 1. The molecule has 2 bridgehead atoms. The lowest BCUT2D eigenvalue weighted by molar-refractivity contribution is -0.127. The van der Waals surface area contributed by atoms with Gasteiger partial charge in [-0.3, -0.25) is 4.79 Å². The van der Waals surface area contributed by atoms with Crippen molar-refractivity contribution in [3.63, 3.8) is 0 Å². The maximum Gasteiger partial charge on any atom is 0.225 e. The molecule has 1 heterocycles. The van der Waals surface area contributed by atoms with Gasteiger partial charge in [-0.25, -0.2) is 0 Å². The summed E-state index contributed by atoms with van der Waals surface area (Å²) < 4.78 is 1.93. The van der Waals surface area contributed by atoms with Crippen LogP contribution in [0, 0.1) is 24.7 Å². The van der Waals surface area contributed by atoms with Crippen molar-refractivity contribution in [2.75, 3.05) is 6.54 Å². The van der Waals surface area contributed by atoms with Crippen molar-refractivity contribution in [3.05, 3.63) is 12.2 Å². The number of carbonyl (C=O) groups is 1. The molecule has 104 valence electrons. The van der Waals surface area contributed by atoms with Gasteiger partial charge in [0, 0.05) is 19.1 Å². The fraction of sp³-hybridized carbons (Fsp3) is 0.769. The highest BCUT2D eigenvalue weighted by Crippen LogP contribution is 2.47. The second-order valence-electron chi connectivity index (χ2n) is 5.80. The van der Waals surface area contributed by atoms with Crippen LogP contribution in [-0.2, 0) is 11.3 Å². The van der Waals surface area contributed by atoms with Crippen LogP contribution < -0.4 is 11.1 Å². The number of carbonyl (C=O) groups excluding carboxylic acids is 1. The normalized spacial score (nSPS) is 32.7. The Hall–Kier alpha value is -1.43. The molecule has 19 heavy (non-hydrogen) atoms. The first-order valence-electron chi connectivity index (χ1n) is 7.04. The number of amides is 1. The third kappa shape index (κ3) is 2.25. The summed E-state index contributed by atoms with van der Waals surface area (Å²) in [5, 5.41) is 10.7. The molecule has 1 amide bonds. The predicted octanol–water partition coefficient (Wildman–Crippen LogP) is 0.0761. The topological polar surface area (TPSA) is 85.8 Å². The number of rotatable bonds is 4. The molecule has 4 unspecified atom stereocenters. The van der Waals surface area contributed by atoms with Crippen LogP contribution >= 0.6 is 0 Å². The van der Waals surface area contributed by atoms with Crippen LogP contribution in [0.5, 0.6) is 0 Å². The maximum absolute atomic E-state index is 12.2. The third-order valence-electron chi connectivity index (χ3n) is 4.74. The molecule has 3 N–H and O–H groups in total. The van der Waals surface area contributed by atoms with Gasteiger partial charge < -0.3 is 15.6 Å². The van der Waals surface area contributed by atoms with Gasteiger partial charge in [0.15, 0.2) is 0 Å². The molecule has 4 atom stereocenters. The van der Waals surface area contributed by atoms with E-state index in [-0.39, 0.29) is 17.9 Å². The van der Waals surface area contributed by atoms with Crippen LogP contribution in [0.25, 0.3) is 0 Å². The third-order valence-corrected chi connectivity index (χ3v) is 4.74. The Morgan fingerprint density at radius 2 is 2.32 bits per heavy atom. The highest BCUT2D eigenvalue weighted by atomic mass is 16.1. The van der Waals surface area contributed by atoms with Gasteiger partial charge in [-0.2, -0.15) is 0 Å². The van der Waals surface area contributed by atoms with Gasteiger partial charge in [-0.15, -0.1) is 10.2 Å². The molecule has 2 aliphatic carbocycles. The summed E-state index contributed by atoms with van der Waals surface area (Å²) in [7, 11) is 0. The standard InChI is InChI=1S/C13H21N5O/c1-8-17-16-7-18(8)5-4-15-13(19)11-9-2-3-10(6-9)12(11)14/h7,9-12H,2-6,14H2,1H3,(H,15,19). The lowest BCUT2D eigenvalue weighted by atomic mass is 9.84. The van der Waals surface area contributed by atoms with Crippen molar-refractivity contribution in [2.45, 2.75) is 38.8 Å². The van der Waals surface area contributed by atoms with Crippen molar-refractivity contribution in [2.24, 2.45) is 23.5 Å². The molecular formula is C13H21N5O.